The molecule has 1 heterocycles. The van der Waals surface area contributed by atoms with Gasteiger partial charge in [-0.3, -0.25) is 15.5 Å². The summed E-state index contributed by atoms with van der Waals surface area (Å²) < 4.78 is 16.2. The lowest BCUT2D eigenvalue weighted by atomic mass is 9.87. The molecule has 3 N–H and O–H groups in total. The summed E-state index contributed by atoms with van der Waals surface area (Å²) in [4.78, 5) is 38.2. The summed E-state index contributed by atoms with van der Waals surface area (Å²) in [7, 11) is 1.21. The fourth-order valence-corrected chi connectivity index (χ4v) is 4.85. The lowest BCUT2D eigenvalue weighted by Gasteiger charge is -2.24. The van der Waals surface area contributed by atoms with E-state index in [0.29, 0.717) is 42.0 Å². The number of methoxy groups -OCH3 is 1. The SMILES string of the molecule is COC(=O)NC(=N)c1c(C[C@H](C(=O)O)c2ccc(O[C@H]3CCN(C(=O)OC(C)(C)C)C3)cc2)ccc2ccccc12. The molecule has 0 bridgehead atoms. The van der Waals surface area contributed by atoms with Gasteiger partial charge in [0, 0.05) is 18.5 Å². The second-order valence-electron chi connectivity index (χ2n) is 10.9. The lowest BCUT2D eigenvalue weighted by Crippen LogP contribution is -2.36. The zero-order valence-corrected chi connectivity index (χ0v) is 23.6. The predicted octanol–water partition coefficient (Wildman–Crippen LogP) is 5.32. The van der Waals surface area contributed by atoms with E-state index in [1.54, 1.807) is 35.2 Å². The normalized spacial score (nSPS) is 15.7. The molecule has 0 radical (unpaired) electrons. The number of aliphatic carboxylic acids is 1. The average molecular weight is 562 g/mol. The van der Waals surface area contributed by atoms with Gasteiger partial charge in [0.1, 0.15) is 23.3 Å². The number of hydrogen-bond acceptors (Lipinski definition) is 7. The molecule has 0 saturated carbocycles. The van der Waals surface area contributed by atoms with Gasteiger partial charge in [-0.05, 0) is 61.2 Å². The van der Waals surface area contributed by atoms with E-state index in [-0.39, 0.29) is 24.5 Å². The summed E-state index contributed by atoms with van der Waals surface area (Å²) in [6, 6.07) is 18.0. The number of amides is 2. The van der Waals surface area contributed by atoms with Crippen LogP contribution in [-0.4, -0.2) is 65.9 Å². The largest absolute Gasteiger partial charge is 0.489 e. The number of rotatable bonds is 7. The first-order valence-electron chi connectivity index (χ1n) is 13.4. The monoisotopic (exact) mass is 561 g/mol. The van der Waals surface area contributed by atoms with Gasteiger partial charge in [-0.2, -0.15) is 0 Å². The Kier molecular flexibility index (Phi) is 8.80. The van der Waals surface area contributed by atoms with Crippen molar-refractivity contribution < 1.29 is 33.7 Å². The molecule has 1 saturated heterocycles. The number of alkyl carbamates (subject to hydrolysis) is 1. The van der Waals surface area contributed by atoms with Crippen molar-refractivity contribution in [2.24, 2.45) is 0 Å². The fourth-order valence-electron chi connectivity index (χ4n) is 4.85. The number of fused-ring (bicyclic) bond motifs is 1. The molecule has 2 atom stereocenters. The molecule has 1 aliphatic heterocycles. The topological polar surface area (TPSA) is 138 Å². The van der Waals surface area contributed by atoms with Crippen molar-refractivity contribution in [3.05, 3.63) is 77.4 Å². The van der Waals surface area contributed by atoms with Crippen LogP contribution in [0, 0.1) is 5.41 Å². The molecule has 0 spiro atoms. The fraction of sp³-hybridized carbons (Fsp3) is 0.355. The number of carbonyl (C=O) groups excluding carboxylic acids is 2. The second kappa shape index (κ2) is 12.3. The van der Waals surface area contributed by atoms with Gasteiger partial charge in [0.05, 0.1) is 19.6 Å². The molecule has 4 rings (SSSR count). The third-order valence-corrected chi connectivity index (χ3v) is 6.78. The van der Waals surface area contributed by atoms with Crippen LogP contribution in [0.5, 0.6) is 5.75 Å². The summed E-state index contributed by atoms with van der Waals surface area (Å²) in [6.07, 6.45) is -0.595. The first kappa shape index (κ1) is 29.4. The van der Waals surface area contributed by atoms with Crippen LogP contribution in [0.4, 0.5) is 9.59 Å². The van der Waals surface area contributed by atoms with Crippen molar-refractivity contribution in [2.75, 3.05) is 20.2 Å². The minimum atomic E-state index is -1.02. The summed E-state index contributed by atoms with van der Waals surface area (Å²) >= 11 is 0. The van der Waals surface area contributed by atoms with Gasteiger partial charge in [-0.1, -0.05) is 48.5 Å². The van der Waals surface area contributed by atoms with Crippen LogP contribution in [0.2, 0.25) is 0 Å². The maximum Gasteiger partial charge on any atom is 0.412 e. The van der Waals surface area contributed by atoms with Crippen LogP contribution >= 0.6 is 0 Å². The molecule has 41 heavy (non-hydrogen) atoms. The third-order valence-electron chi connectivity index (χ3n) is 6.78. The van der Waals surface area contributed by atoms with E-state index in [1.165, 1.54) is 7.11 Å². The van der Waals surface area contributed by atoms with Gasteiger partial charge < -0.3 is 24.2 Å². The number of carbonyl (C=O) groups is 3. The van der Waals surface area contributed by atoms with Crippen molar-refractivity contribution >= 4 is 34.8 Å². The van der Waals surface area contributed by atoms with E-state index in [0.717, 1.165) is 10.8 Å². The van der Waals surface area contributed by atoms with Gasteiger partial charge in [0.15, 0.2) is 0 Å². The highest BCUT2D eigenvalue weighted by Crippen LogP contribution is 2.30. The van der Waals surface area contributed by atoms with E-state index in [2.05, 4.69) is 10.1 Å². The Balaban J connectivity index is 1.51. The first-order chi connectivity index (χ1) is 19.4. The van der Waals surface area contributed by atoms with Crippen LogP contribution in [0.25, 0.3) is 10.8 Å². The Labute approximate surface area is 238 Å². The minimum absolute atomic E-state index is 0.0917. The van der Waals surface area contributed by atoms with Crippen molar-refractivity contribution in [1.82, 2.24) is 10.2 Å². The van der Waals surface area contributed by atoms with Crippen molar-refractivity contribution in [3.8, 4) is 5.75 Å². The number of benzene rings is 3. The van der Waals surface area contributed by atoms with Crippen LogP contribution < -0.4 is 10.1 Å². The summed E-state index contributed by atoms with van der Waals surface area (Å²) in [6.45, 7) is 6.42. The highest BCUT2D eigenvalue weighted by Gasteiger charge is 2.31. The zero-order chi connectivity index (χ0) is 29.7. The van der Waals surface area contributed by atoms with Gasteiger partial charge >= 0.3 is 18.2 Å². The molecule has 0 aromatic heterocycles. The van der Waals surface area contributed by atoms with E-state index < -0.39 is 23.6 Å². The van der Waals surface area contributed by atoms with E-state index in [1.807, 2.05) is 51.1 Å². The number of hydrogen-bond donors (Lipinski definition) is 3. The molecule has 10 heteroatoms. The highest BCUT2D eigenvalue weighted by atomic mass is 16.6. The quantitative estimate of drug-likeness (QED) is 0.262. The van der Waals surface area contributed by atoms with Crippen LogP contribution in [0.1, 0.15) is 49.8 Å². The molecule has 2 amide bonds. The van der Waals surface area contributed by atoms with Gasteiger partial charge in [-0.25, -0.2) is 9.59 Å². The van der Waals surface area contributed by atoms with Crippen LogP contribution in [-0.2, 0) is 20.7 Å². The number of ether oxygens (including phenoxy) is 3. The summed E-state index contributed by atoms with van der Waals surface area (Å²) in [5, 5.41) is 22.7. The van der Waals surface area contributed by atoms with Crippen LogP contribution in [0.15, 0.2) is 60.7 Å². The molecule has 1 aliphatic rings. The average Bonchev–Trinajstić information content (AvgIpc) is 3.39. The minimum Gasteiger partial charge on any atom is -0.489 e. The van der Waals surface area contributed by atoms with E-state index >= 15 is 0 Å². The Morgan fingerprint density at radius 2 is 1.78 bits per heavy atom. The predicted molar refractivity (Wildman–Crippen MR) is 154 cm³/mol. The molecule has 3 aromatic carbocycles. The van der Waals surface area contributed by atoms with Crippen molar-refractivity contribution in [3.63, 3.8) is 0 Å². The standard InChI is InChI=1S/C31H35N3O7/c1-31(2,3)41-30(38)34-16-15-23(18-34)40-22-13-11-20(12-14-22)25(28(35)36)17-21-10-9-19-7-5-6-8-24(19)26(21)27(32)33-29(37)39-4/h5-14,23,25H,15-18H2,1-4H3,(H,35,36)(H2,32,33,37)/t23-,25-/m0/s1. The summed E-state index contributed by atoms with van der Waals surface area (Å²) in [5.74, 6) is -1.53. The first-order valence-corrected chi connectivity index (χ1v) is 13.4. The van der Waals surface area contributed by atoms with E-state index in [9.17, 15) is 19.5 Å². The Morgan fingerprint density at radius 1 is 1.07 bits per heavy atom. The summed E-state index contributed by atoms with van der Waals surface area (Å²) in [5.41, 5.74) is 1.04. The maximum absolute atomic E-state index is 12.4. The van der Waals surface area contributed by atoms with E-state index in [4.69, 9.17) is 14.9 Å². The molecule has 216 valence electrons. The number of amidine groups is 1. The maximum atomic E-state index is 12.4. The smallest absolute Gasteiger partial charge is 0.412 e. The lowest BCUT2D eigenvalue weighted by molar-refractivity contribution is -0.138. The number of likely N-dealkylation sites (tertiary alicyclic amines) is 1. The third kappa shape index (κ3) is 7.33. The molecule has 0 unspecified atom stereocenters. The Bertz CT molecular complexity index is 1450. The Morgan fingerprint density at radius 3 is 2.44 bits per heavy atom. The zero-order valence-electron chi connectivity index (χ0n) is 23.6. The molecule has 10 nitrogen and oxygen atoms in total. The van der Waals surface area contributed by atoms with Crippen molar-refractivity contribution in [2.45, 2.75) is 51.2 Å². The molecule has 1 fully saturated rings. The van der Waals surface area contributed by atoms with Crippen LogP contribution in [0.3, 0.4) is 0 Å². The van der Waals surface area contributed by atoms with Gasteiger partial charge in [0.25, 0.3) is 0 Å². The Hall–Kier alpha value is -4.60. The molecular weight excluding hydrogens is 526 g/mol. The molecular formula is C31H35N3O7. The number of carboxylic acids is 1. The van der Waals surface area contributed by atoms with Gasteiger partial charge in [0.2, 0.25) is 0 Å². The van der Waals surface area contributed by atoms with Gasteiger partial charge in [-0.15, -0.1) is 0 Å². The highest BCUT2D eigenvalue weighted by molar-refractivity contribution is 6.13. The number of carboxylic acid groups (broad SMARTS) is 1. The number of nitrogens with one attached hydrogen (secondary N) is 2. The molecule has 3 aromatic rings. The van der Waals surface area contributed by atoms with Crippen molar-refractivity contribution in [1.29, 1.82) is 5.41 Å². The number of nitrogens with zero attached hydrogens (tertiary/aromatic N) is 1. The molecule has 0 aliphatic carbocycles. The second-order valence-corrected chi connectivity index (χ2v) is 10.9.